The first kappa shape index (κ1) is 15.3. The summed E-state index contributed by atoms with van der Waals surface area (Å²) >= 11 is 0. The van der Waals surface area contributed by atoms with Gasteiger partial charge in [-0.3, -0.25) is 9.59 Å². The number of nitrogens with one attached hydrogen (secondary N) is 2. The Bertz CT molecular complexity index is 567. The van der Waals surface area contributed by atoms with Gasteiger partial charge in [0.05, 0.1) is 11.1 Å². The summed E-state index contributed by atoms with van der Waals surface area (Å²) in [5, 5.41) is 5.58. The van der Waals surface area contributed by atoms with E-state index in [0.717, 1.165) is 0 Å². The molecule has 0 saturated heterocycles. The second-order valence-electron chi connectivity index (χ2n) is 5.53. The van der Waals surface area contributed by atoms with Gasteiger partial charge in [-0.05, 0) is 38.5 Å². The highest BCUT2D eigenvalue weighted by Gasteiger charge is 2.30. The van der Waals surface area contributed by atoms with Crippen LogP contribution in [0.25, 0.3) is 0 Å². The van der Waals surface area contributed by atoms with Crippen LogP contribution in [0.4, 0.5) is 11.4 Å². The van der Waals surface area contributed by atoms with E-state index >= 15 is 0 Å². The number of hydrogen-bond donors (Lipinski definition) is 3. The predicted octanol–water partition coefficient (Wildman–Crippen LogP) is 1.72. The summed E-state index contributed by atoms with van der Waals surface area (Å²) in [5.41, 5.74) is 6.23. The average molecular weight is 291 g/mol. The Balaban J connectivity index is 2.18. The molecule has 21 heavy (non-hydrogen) atoms. The van der Waals surface area contributed by atoms with Crippen molar-refractivity contribution in [2.24, 2.45) is 11.1 Å². The molecule has 0 fully saturated rings. The summed E-state index contributed by atoms with van der Waals surface area (Å²) in [6, 6.07) is 5.16. The van der Waals surface area contributed by atoms with Gasteiger partial charge in [-0.15, -0.1) is 0 Å². The molecule has 2 rings (SSSR count). The molecule has 0 bridgehead atoms. The van der Waals surface area contributed by atoms with Crippen molar-refractivity contribution in [1.82, 2.24) is 0 Å². The smallest absolute Gasteiger partial charge is 0.265 e. The molecule has 0 saturated carbocycles. The quantitative estimate of drug-likeness (QED) is 0.787. The van der Waals surface area contributed by atoms with E-state index in [9.17, 15) is 9.59 Å². The van der Waals surface area contributed by atoms with Gasteiger partial charge < -0.3 is 21.1 Å². The molecule has 0 aliphatic carbocycles. The first-order valence-corrected chi connectivity index (χ1v) is 7.02. The number of carbonyl (C=O) groups is 2. The Hall–Kier alpha value is -2.08. The first-order valence-electron chi connectivity index (χ1n) is 7.02. The molecule has 1 aromatic rings. The van der Waals surface area contributed by atoms with Crippen molar-refractivity contribution < 1.29 is 14.3 Å². The van der Waals surface area contributed by atoms with Crippen molar-refractivity contribution in [2.45, 2.75) is 33.3 Å². The van der Waals surface area contributed by atoms with Crippen LogP contribution in [0.1, 0.15) is 27.2 Å². The molecule has 0 radical (unpaired) electrons. The minimum Gasteiger partial charge on any atom is -0.479 e. The number of rotatable bonds is 4. The van der Waals surface area contributed by atoms with Crippen LogP contribution in [0.3, 0.4) is 0 Å². The minimum absolute atomic E-state index is 0.135. The summed E-state index contributed by atoms with van der Waals surface area (Å²) < 4.78 is 5.47. The first-order chi connectivity index (χ1) is 9.89. The molecular formula is C15H21N3O3. The molecule has 1 heterocycles. The number of amides is 2. The highest BCUT2D eigenvalue weighted by atomic mass is 16.5. The zero-order chi connectivity index (χ0) is 15.6. The van der Waals surface area contributed by atoms with E-state index in [4.69, 9.17) is 10.5 Å². The second kappa shape index (κ2) is 5.73. The Morgan fingerprint density at radius 2 is 2.24 bits per heavy atom. The van der Waals surface area contributed by atoms with E-state index in [2.05, 4.69) is 10.6 Å². The highest BCUT2D eigenvalue weighted by Crippen LogP contribution is 2.32. The molecule has 2 atom stereocenters. The summed E-state index contributed by atoms with van der Waals surface area (Å²) in [6.07, 6.45) is 0.135. The van der Waals surface area contributed by atoms with Crippen LogP contribution in [-0.2, 0) is 9.59 Å². The molecular weight excluding hydrogens is 270 g/mol. The van der Waals surface area contributed by atoms with Crippen LogP contribution in [0, 0.1) is 5.41 Å². The number of ether oxygens (including phenoxy) is 1. The van der Waals surface area contributed by atoms with Crippen LogP contribution >= 0.6 is 0 Å². The molecule has 1 aliphatic rings. The Morgan fingerprint density at radius 1 is 1.52 bits per heavy atom. The molecule has 6 nitrogen and oxygen atoms in total. The number of nitrogens with two attached hydrogens (primary N) is 1. The Labute approximate surface area is 124 Å². The standard InChI is InChI=1S/C15H21N3O3/c1-4-15(3,8-16)14(20)17-10-5-6-12-11(7-10)18-13(19)9(2)21-12/h5-7,9H,4,8,16H2,1-3H3,(H,17,20)(H,18,19). The zero-order valence-corrected chi connectivity index (χ0v) is 12.5. The van der Waals surface area contributed by atoms with Crippen LogP contribution < -0.4 is 21.1 Å². The maximum Gasteiger partial charge on any atom is 0.265 e. The van der Waals surface area contributed by atoms with Crippen molar-refractivity contribution >= 4 is 23.2 Å². The summed E-state index contributed by atoms with van der Waals surface area (Å²) in [4.78, 5) is 23.9. The molecule has 1 aliphatic heterocycles. The number of hydrogen-bond acceptors (Lipinski definition) is 4. The monoisotopic (exact) mass is 291 g/mol. The molecule has 114 valence electrons. The fraction of sp³-hybridized carbons (Fsp3) is 0.467. The minimum atomic E-state index is -0.607. The van der Waals surface area contributed by atoms with Gasteiger partial charge in [-0.25, -0.2) is 0 Å². The highest BCUT2D eigenvalue weighted by molar-refractivity contribution is 6.00. The fourth-order valence-electron chi connectivity index (χ4n) is 1.97. The molecule has 2 amide bonds. The van der Waals surface area contributed by atoms with E-state index in [1.165, 1.54) is 0 Å². The lowest BCUT2D eigenvalue weighted by molar-refractivity contribution is -0.124. The van der Waals surface area contributed by atoms with Gasteiger partial charge in [0.15, 0.2) is 6.10 Å². The predicted molar refractivity (Wildman–Crippen MR) is 81.2 cm³/mol. The third kappa shape index (κ3) is 3.00. The van der Waals surface area contributed by atoms with Gasteiger partial charge in [0.1, 0.15) is 5.75 Å². The van der Waals surface area contributed by atoms with Crippen molar-refractivity contribution in [3.05, 3.63) is 18.2 Å². The van der Waals surface area contributed by atoms with E-state index in [0.29, 0.717) is 23.5 Å². The lowest BCUT2D eigenvalue weighted by Crippen LogP contribution is -2.39. The van der Waals surface area contributed by atoms with Crippen LogP contribution in [0.15, 0.2) is 18.2 Å². The second-order valence-corrected chi connectivity index (χ2v) is 5.53. The van der Waals surface area contributed by atoms with E-state index in [1.54, 1.807) is 25.1 Å². The molecule has 0 spiro atoms. The van der Waals surface area contributed by atoms with Crippen LogP contribution in [0.5, 0.6) is 5.75 Å². The molecule has 4 N–H and O–H groups in total. The van der Waals surface area contributed by atoms with Crippen LogP contribution in [-0.4, -0.2) is 24.5 Å². The normalized spacial score (nSPS) is 19.8. The fourth-order valence-corrected chi connectivity index (χ4v) is 1.97. The SMILES string of the molecule is CCC(C)(CN)C(=O)Nc1ccc2c(c1)NC(=O)C(C)O2. The topological polar surface area (TPSA) is 93.5 Å². The Morgan fingerprint density at radius 3 is 2.86 bits per heavy atom. The third-order valence-corrected chi connectivity index (χ3v) is 3.95. The number of anilines is 2. The summed E-state index contributed by atoms with van der Waals surface area (Å²) in [5.74, 6) is 0.257. The van der Waals surface area contributed by atoms with Crippen molar-refractivity contribution in [2.75, 3.05) is 17.2 Å². The maximum atomic E-state index is 12.3. The molecule has 1 aromatic carbocycles. The Kier molecular flexibility index (Phi) is 4.18. The number of benzene rings is 1. The largest absolute Gasteiger partial charge is 0.479 e. The van der Waals surface area contributed by atoms with Crippen molar-refractivity contribution in [3.63, 3.8) is 0 Å². The molecule has 2 unspecified atom stereocenters. The van der Waals surface area contributed by atoms with Gasteiger partial charge in [0.2, 0.25) is 5.91 Å². The molecule has 6 heteroatoms. The van der Waals surface area contributed by atoms with Gasteiger partial charge in [-0.2, -0.15) is 0 Å². The van der Waals surface area contributed by atoms with Crippen molar-refractivity contribution in [3.8, 4) is 5.75 Å². The van der Waals surface area contributed by atoms with Gasteiger partial charge in [0.25, 0.3) is 5.91 Å². The number of fused-ring (bicyclic) bond motifs is 1. The van der Waals surface area contributed by atoms with Gasteiger partial charge in [-0.1, -0.05) is 6.92 Å². The maximum absolute atomic E-state index is 12.3. The molecule has 0 aromatic heterocycles. The lowest BCUT2D eigenvalue weighted by Gasteiger charge is -2.26. The summed E-state index contributed by atoms with van der Waals surface area (Å²) in [6.45, 7) is 5.71. The van der Waals surface area contributed by atoms with Gasteiger partial charge >= 0.3 is 0 Å². The third-order valence-electron chi connectivity index (χ3n) is 3.95. The zero-order valence-electron chi connectivity index (χ0n) is 12.5. The van der Waals surface area contributed by atoms with Gasteiger partial charge in [0, 0.05) is 12.2 Å². The number of carbonyl (C=O) groups excluding carboxylic acids is 2. The van der Waals surface area contributed by atoms with E-state index < -0.39 is 11.5 Å². The van der Waals surface area contributed by atoms with Crippen molar-refractivity contribution in [1.29, 1.82) is 0 Å². The lowest BCUT2D eigenvalue weighted by atomic mass is 9.86. The average Bonchev–Trinajstić information content (AvgIpc) is 2.47. The van der Waals surface area contributed by atoms with Crippen LogP contribution in [0.2, 0.25) is 0 Å². The summed E-state index contributed by atoms with van der Waals surface area (Å²) in [7, 11) is 0. The van der Waals surface area contributed by atoms with E-state index in [-0.39, 0.29) is 18.4 Å². The van der Waals surface area contributed by atoms with E-state index in [1.807, 2.05) is 13.8 Å².